The molecule has 0 aliphatic heterocycles. The Kier molecular flexibility index (Phi) is 13.5. The number of rotatable bonds is 14. The fraction of sp³-hybridized carbons (Fsp3) is 0.944. The van der Waals surface area contributed by atoms with Crippen LogP contribution in [0.4, 0.5) is 0 Å². The normalized spacial score (nSPS) is 13.4. The summed E-state index contributed by atoms with van der Waals surface area (Å²) >= 11 is -1.95. The molecule has 0 amide bonds. The fourth-order valence-corrected chi connectivity index (χ4v) is 19.8. The predicted octanol–water partition coefficient (Wildman–Crippen LogP) is 6.45. The molecular weight excluding hydrogens is 351 g/mol. The summed E-state index contributed by atoms with van der Waals surface area (Å²) in [5.41, 5.74) is 0. The Labute approximate surface area is 132 Å². The van der Waals surface area contributed by atoms with Gasteiger partial charge in [0.1, 0.15) is 0 Å². The van der Waals surface area contributed by atoms with Gasteiger partial charge in [0.05, 0.1) is 0 Å². The Morgan fingerprint density at radius 3 is 1.55 bits per heavy atom. The second kappa shape index (κ2) is 13.2. The first-order valence-electron chi connectivity index (χ1n) is 9.13. The van der Waals surface area contributed by atoms with Crippen molar-refractivity contribution in [2.45, 2.75) is 96.8 Å². The molecule has 0 bridgehead atoms. The van der Waals surface area contributed by atoms with Crippen molar-refractivity contribution in [2.75, 3.05) is 0 Å². The summed E-state index contributed by atoms with van der Waals surface area (Å²) in [6, 6.07) is 0. The van der Waals surface area contributed by atoms with E-state index in [4.69, 9.17) is 0 Å². The van der Waals surface area contributed by atoms with Crippen LogP contribution in [0.25, 0.3) is 0 Å². The zero-order valence-electron chi connectivity index (χ0n) is 14.5. The molecule has 0 fully saturated rings. The van der Waals surface area contributed by atoms with Crippen molar-refractivity contribution >= 4 is 24.7 Å². The Morgan fingerprint density at radius 2 is 1.25 bits per heavy atom. The molecule has 0 heterocycles. The minimum atomic E-state index is -1.95. The van der Waals surface area contributed by atoms with E-state index in [-0.39, 0.29) is 0 Å². The number of aldehydes is 1. The fourth-order valence-electron chi connectivity index (χ4n) is 3.27. The van der Waals surface area contributed by atoms with Crippen LogP contribution in [0.3, 0.4) is 0 Å². The zero-order chi connectivity index (χ0) is 15.3. The number of carbonyl (C=O) groups is 1. The predicted molar refractivity (Wildman–Crippen MR) is 94.2 cm³/mol. The van der Waals surface area contributed by atoms with Gasteiger partial charge in [-0.1, -0.05) is 0 Å². The first-order valence-corrected chi connectivity index (χ1v) is 17.2. The van der Waals surface area contributed by atoms with Crippen LogP contribution in [-0.2, 0) is 4.79 Å². The molecule has 1 unspecified atom stereocenters. The molecule has 1 atom stereocenters. The van der Waals surface area contributed by atoms with Crippen molar-refractivity contribution in [2.24, 2.45) is 5.92 Å². The van der Waals surface area contributed by atoms with E-state index in [1.54, 1.807) is 13.3 Å². The Hall–Kier alpha value is 0.469. The van der Waals surface area contributed by atoms with Gasteiger partial charge in [-0.25, -0.2) is 0 Å². The Balaban J connectivity index is 4.68. The molecule has 120 valence electrons. The maximum absolute atomic E-state index is 11.1. The van der Waals surface area contributed by atoms with Gasteiger partial charge >= 0.3 is 132 Å². The van der Waals surface area contributed by atoms with Crippen molar-refractivity contribution in [3.63, 3.8) is 0 Å². The zero-order valence-corrected chi connectivity index (χ0v) is 17.4. The van der Waals surface area contributed by atoms with Crippen molar-refractivity contribution in [1.82, 2.24) is 0 Å². The summed E-state index contributed by atoms with van der Waals surface area (Å²) in [5, 5.41) is 0. The van der Waals surface area contributed by atoms with E-state index in [1.165, 1.54) is 55.7 Å². The van der Waals surface area contributed by atoms with Crippen LogP contribution in [0.2, 0.25) is 17.7 Å². The number of hydrogen-bond acceptors (Lipinski definition) is 1. The first-order chi connectivity index (χ1) is 9.67. The molecule has 2 heteroatoms. The van der Waals surface area contributed by atoms with E-state index in [9.17, 15) is 4.79 Å². The quantitative estimate of drug-likeness (QED) is 0.246. The van der Waals surface area contributed by atoms with Gasteiger partial charge in [0.15, 0.2) is 0 Å². The molecule has 0 spiro atoms. The van der Waals surface area contributed by atoms with Crippen LogP contribution in [0.1, 0.15) is 79.1 Å². The minimum absolute atomic E-state index is 0.343. The molecule has 0 aliphatic carbocycles. The van der Waals surface area contributed by atoms with Crippen LogP contribution in [0, 0.1) is 5.92 Å². The monoisotopic (exact) mass is 390 g/mol. The second-order valence-electron chi connectivity index (χ2n) is 6.65. The molecule has 0 aliphatic rings. The van der Waals surface area contributed by atoms with Gasteiger partial charge in [0, 0.05) is 0 Å². The molecule has 0 radical (unpaired) electrons. The molecule has 0 N–H and O–H groups in total. The van der Waals surface area contributed by atoms with Crippen LogP contribution >= 0.6 is 0 Å². The van der Waals surface area contributed by atoms with E-state index in [1.807, 2.05) is 0 Å². The summed E-state index contributed by atoms with van der Waals surface area (Å²) < 4.78 is 6.23. The van der Waals surface area contributed by atoms with Crippen LogP contribution in [0.5, 0.6) is 0 Å². The van der Waals surface area contributed by atoms with E-state index < -0.39 is 18.4 Å². The maximum atomic E-state index is 11.1. The molecule has 0 aromatic rings. The van der Waals surface area contributed by atoms with E-state index >= 15 is 0 Å². The topological polar surface area (TPSA) is 17.1 Å². The van der Waals surface area contributed by atoms with E-state index in [0.717, 1.165) is 6.42 Å². The molecule has 0 aromatic heterocycles. The van der Waals surface area contributed by atoms with Gasteiger partial charge in [-0.15, -0.1) is 0 Å². The Morgan fingerprint density at radius 1 is 0.800 bits per heavy atom. The number of carbonyl (C=O) groups excluding carboxylic acids is 1. The van der Waals surface area contributed by atoms with E-state index in [0.29, 0.717) is 5.92 Å². The number of hydrogen-bond donors (Lipinski definition) is 0. The molecule has 0 aromatic carbocycles. The molecule has 0 rings (SSSR count). The van der Waals surface area contributed by atoms with Crippen molar-refractivity contribution in [3.8, 4) is 0 Å². The Bertz CT molecular complexity index is 206. The van der Waals surface area contributed by atoms with Crippen LogP contribution < -0.4 is 0 Å². The van der Waals surface area contributed by atoms with Gasteiger partial charge in [-0.2, -0.15) is 0 Å². The third kappa shape index (κ3) is 8.69. The molecule has 0 saturated heterocycles. The van der Waals surface area contributed by atoms with Gasteiger partial charge in [0.2, 0.25) is 0 Å². The summed E-state index contributed by atoms with van der Waals surface area (Å²) in [5.74, 6) is 0.343. The van der Waals surface area contributed by atoms with Crippen molar-refractivity contribution in [1.29, 1.82) is 0 Å². The molecule has 0 saturated carbocycles. The number of unbranched alkanes of at least 4 members (excludes halogenated alkanes) is 3. The summed E-state index contributed by atoms with van der Waals surface area (Å²) in [6.07, 6.45) is 11.8. The first kappa shape index (κ1) is 20.5. The van der Waals surface area contributed by atoms with Gasteiger partial charge < -0.3 is 0 Å². The molecule has 20 heavy (non-hydrogen) atoms. The van der Waals surface area contributed by atoms with Gasteiger partial charge in [0.25, 0.3) is 0 Å². The standard InChI is InChI=1S/C6H11O.3C4H9.Sn/c1-3-6(4-2)5-7;3*1-3-4-2;/h5-6H,1,3-4H2,2H3;3*1,3-4H2,2H3;. The average Bonchev–Trinajstić information content (AvgIpc) is 2.49. The summed E-state index contributed by atoms with van der Waals surface area (Å²) in [7, 11) is 0. The second-order valence-corrected chi connectivity index (χ2v) is 20.9. The molecular formula is C18H38OSn. The third-order valence-corrected chi connectivity index (χ3v) is 20.9. The van der Waals surface area contributed by atoms with Crippen LogP contribution in [-0.4, -0.2) is 24.7 Å². The summed E-state index contributed by atoms with van der Waals surface area (Å²) in [4.78, 5) is 11.1. The third-order valence-electron chi connectivity index (χ3n) is 4.94. The van der Waals surface area contributed by atoms with Gasteiger partial charge in [-0.3, -0.25) is 0 Å². The SMILES string of the molecule is CCC[CH2][Sn]([CH2]CCC)([CH2]CCC)[CH2]CC(C=O)CC. The molecule has 1 nitrogen and oxygen atoms in total. The van der Waals surface area contributed by atoms with Gasteiger partial charge in [-0.05, 0) is 0 Å². The van der Waals surface area contributed by atoms with Crippen molar-refractivity contribution in [3.05, 3.63) is 0 Å². The van der Waals surface area contributed by atoms with Crippen LogP contribution in [0.15, 0.2) is 0 Å². The van der Waals surface area contributed by atoms with Crippen molar-refractivity contribution < 1.29 is 4.79 Å². The summed E-state index contributed by atoms with van der Waals surface area (Å²) in [6.45, 7) is 9.16. The average molecular weight is 389 g/mol. The van der Waals surface area contributed by atoms with E-state index in [2.05, 4.69) is 27.7 Å².